The SMILES string of the molecule is NCCOc1cccc(NC2CCCCCC2)c1. The molecular formula is C15H24N2O. The van der Waals surface area contributed by atoms with Crippen LogP contribution in [0.25, 0.3) is 0 Å². The summed E-state index contributed by atoms with van der Waals surface area (Å²) in [4.78, 5) is 0. The second-order valence-electron chi connectivity index (χ2n) is 5.00. The Bertz CT molecular complexity index is 346. The van der Waals surface area contributed by atoms with Crippen molar-refractivity contribution in [2.45, 2.75) is 44.6 Å². The van der Waals surface area contributed by atoms with Crippen LogP contribution in [0.4, 0.5) is 5.69 Å². The first-order valence-corrected chi connectivity index (χ1v) is 7.08. The standard InChI is InChI=1S/C15H24N2O/c16-10-11-18-15-9-5-8-14(12-15)17-13-6-3-1-2-4-7-13/h5,8-9,12-13,17H,1-4,6-7,10-11,16H2. The summed E-state index contributed by atoms with van der Waals surface area (Å²) in [5, 5.41) is 3.63. The molecule has 1 aromatic rings. The lowest BCUT2D eigenvalue weighted by atomic mass is 10.1. The monoisotopic (exact) mass is 248 g/mol. The highest BCUT2D eigenvalue weighted by Crippen LogP contribution is 2.23. The van der Waals surface area contributed by atoms with Crippen LogP contribution in [-0.2, 0) is 0 Å². The van der Waals surface area contributed by atoms with Gasteiger partial charge in [-0.3, -0.25) is 0 Å². The molecule has 1 saturated carbocycles. The van der Waals surface area contributed by atoms with Crippen molar-refractivity contribution in [3.8, 4) is 5.75 Å². The average Bonchev–Trinajstić information content (AvgIpc) is 2.65. The molecule has 0 aliphatic heterocycles. The van der Waals surface area contributed by atoms with E-state index in [-0.39, 0.29) is 0 Å². The van der Waals surface area contributed by atoms with Gasteiger partial charge in [0.25, 0.3) is 0 Å². The second kappa shape index (κ2) is 7.27. The zero-order valence-electron chi connectivity index (χ0n) is 11.0. The normalized spacial score (nSPS) is 17.2. The largest absolute Gasteiger partial charge is 0.492 e. The van der Waals surface area contributed by atoms with Gasteiger partial charge in [-0.05, 0) is 25.0 Å². The van der Waals surface area contributed by atoms with E-state index < -0.39 is 0 Å². The molecule has 1 fully saturated rings. The van der Waals surface area contributed by atoms with Crippen molar-refractivity contribution in [1.29, 1.82) is 0 Å². The zero-order chi connectivity index (χ0) is 12.6. The van der Waals surface area contributed by atoms with Gasteiger partial charge in [-0.2, -0.15) is 0 Å². The van der Waals surface area contributed by atoms with Gasteiger partial charge in [0.15, 0.2) is 0 Å². The first-order chi connectivity index (χ1) is 8.88. The zero-order valence-corrected chi connectivity index (χ0v) is 11.0. The van der Waals surface area contributed by atoms with E-state index >= 15 is 0 Å². The molecule has 0 saturated heterocycles. The number of hydrogen-bond donors (Lipinski definition) is 2. The molecule has 0 spiro atoms. The summed E-state index contributed by atoms with van der Waals surface area (Å²) in [7, 11) is 0. The smallest absolute Gasteiger partial charge is 0.121 e. The molecule has 0 radical (unpaired) electrons. The maximum atomic E-state index is 5.54. The Hall–Kier alpha value is -1.22. The summed E-state index contributed by atoms with van der Waals surface area (Å²) in [6, 6.07) is 8.82. The number of benzene rings is 1. The maximum absolute atomic E-state index is 5.54. The molecule has 0 unspecified atom stereocenters. The van der Waals surface area contributed by atoms with E-state index in [0.29, 0.717) is 19.2 Å². The van der Waals surface area contributed by atoms with E-state index in [0.717, 1.165) is 11.4 Å². The molecule has 2 rings (SSSR count). The number of nitrogens with two attached hydrogens (primary N) is 1. The Morgan fingerprint density at radius 2 is 1.94 bits per heavy atom. The number of anilines is 1. The van der Waals surface area contributed by atoms with Crippen LogP contribution in [0.5, 0.6) is 5.75 Å². The van der Waals surface area contributed by atoms with Gasteiger partial charge in [-0.15, -0.1) is 0 Å². The minimum Gasteiger partial charge on any atom is -0.492 e. The van der Waals surface area contributed by atoms with Crippen LogP contribution in [0.2, 0.25) is 0 Å². The fourth-order valence-corrected chi connectivity index (χ4v) is 2.51. The number of hydrogen-bond acceptors (Lipinski definition) is 3. The van der Waals surface area contributed by atoms with Crippen LogP contribution < -0.4 is 15.8 Å². The summed E-state index contributed by atoms with van der Waals surface area (Å²) in [6.07, 6.45) is 8.04. The van der Waals surface area contributed by atoms with Crippen LogP contribution in [-0.4, -0.2) is 19.2 Å². The molecule has 0 heterocycles. The molecule has 0 amide bonds. The highest BCUT2D eigenvalue weighted by molar-refractivity contribution is 5.48. The molecule has 100 valence electrons. The van der Waals surface area contributed by atoms with Crippen molar-refractivity contribution in [3.63, 3.8) is 0 Å². The fraction of sp³-hybridized carbons (Fsp3) is 0.600. The van der Waals surface area contributed by atoms with Gasteiger partial charge in [-0.1, -0.05) is 31.7 Å². The van der Waals surface area contributed by atoms with E-state index in [1.54, 1.807) is 0 Å². The van der Waals surface area contributed by atoms with Gasteiger partial charge in [0.05, 0.1) is 0 Å². The Balaban J connectivity index is 1.91. The summed E-state index contributed by atoms with van der Waals surface area (Å²) >= 11 is 0. The van der Waals surface area contributed by atoms with Gasteiger partial charge >= 0.3 is 0 Å². The van der Waals surface area contributed by atoms with Crippen LogP contribution >= 0.6 is 0 Å². The van der Waals surface area contributed by atoms with Crippen molar-refractivity contribution in [2.24, 2.45) is 5.73 Å². The molecule has 1 aliphatic rings. The first-order valence-electron chi connectivity index (χ1n) is 7.08. The lowest BCUT2D eigenvalue weighted by molar-refractivity contribution is 0.328. The van der Waals surface area contributed by atoms with Crippen molar-refractivity contribution >= 4 is 5.69 Å². The molecule has 3 nitrogen and oxygen atoms in total. The number of nitrogens with one attached hydrogen (secondary N) is 1. The van der Waals surface area contributed by atoms with E-state index in [1.807, 2.05) is 12.1 Å². The highest BCUT2D eigenvalue weighted by Gasteiger charge is 2.11. The topological polar surface area (TPSA) is 47.3 Å². The first kappa shape index (κ1) is 13.2. The van der Waals surface area contributed by atoms with Crippen LogP contribution in [0.3, 0.4) is 0 Å². The third-order valence-electron chi connectivity index (χ3n) is 3.45. The quantitative estimate of drug-likeness (QED) is 0.787. The number of rotatable bonds is 5. The summed E-state index contributed by atoms with van der Waals surface area (Å²) in [5.41, 5.74) is 6.60. The molecule has 3 heteroatoms. The maximum Gasteiger partial charge on any atom is 0.121 e. The van der Waals surface area contributed by atoms with E-state index in [2.05, 4.69) is 17.4 Å². The van der Waals surface area contributed by atoms with E-state index in [4.69, 9.17) is 10.5 Å². The second-order valence-corrected chi connectivity index (χ2v) is 5.00. The molecule has 18 heavy (non-hydrogen) atoms. The molecule has 0 atom stereocenters. The van der Waals surface area contributed by atoms with Gasteiger partial charge in [-0.25, -0.2) is 0 Å². The Morgan fingerprint density at radius 1 is 1.17 bits per heavy atom. The summed E-state index contributed by atoms with van der Waals surface area (Å²) in [5.74, 6) is 0.902. The highest BCUT2D eigenvalue weighted by atomic mass is 16.5. The minimum absolute atomic E-state index is 0.556. The minimum atomic E-state index is 0.556. The third kappa shape index (κ3) is 4.22. The van der Waals surface area contributed by atoms with E-state index in [9.17, 15) is 0 Å². The van der Waals surface area contributed by atoms with Gasteiger partial charge in [0.1, 0.15) is 12.4 Å². The van der Waals surface area contributed by atoms with Gasteiger partial charge < -0.3 is 15.8 Å². The number of ether oxygens (including phenoxy) is 1. The van der Waals surface area contributed by atoms with Crippen molar-refractivity contribution in [3.05, 3.63) is 24.3 Å². The predicted octanol–water partition coefficient (Wildman–Crippen LogP) is 3.16. The lowest BCUT2D eigenvalue weighted by Gasteiger charge is -2.18. The average molecular weight is 248 g/mol. The van der Waals surface area contributed by atoms with Crippen molar-refractivity contribution in [2.75, 3.05) is 18.5 Å². The van der Waals surface area contributed by atoms with Crippen LogP contribution in [0, 0.1) is 0 Å². The summed E-state index contributed by atoms with van der Waals surface area (Å²) < 4.78 is 5.54. The summed E-state index contributed by atoms with van der Waals surface area (Å²) in [6.45, 7) is 1.13. The Morgan fingerprint density at radius 3 is 2.67 bits per heavy atom. The van der Waals surface area contributed by atoms with Crippen molar-refractivity contribution in [1.82, 2.24) is 0 Å². The van der Waals surface area contributed by atoms with Crippen molar-refractivity contribution < 1.29 is 4.74 Å². The molecule has 3 N–H and O–H groups in total. The van der Waals surface area contributed by atoms with Gasteiger partial charge in [0, 0.05) is 24.3 Å². The van der Waals surface area contributed by atoms with E-state index in [1.165, 1.54) is 38.5 Å². The third-order valence-corrected chi connectivity index (χ3v) is 3.45. The Labute approximate surface area is 110 Å². The molecule has 1 aliphatic carbocycles. The van der Waals surface area contributed by atoms with Crippen LogP contribution in [0.15, 0.2) is 24.3 Å². The molecule has 0 bridgehead atoms. The van der Waals surface area contributed by atoms with Gasteiger partial charge in [0.2, 0.25) is 0 Å². The predicted molar refractivity (Wildman–Crippen MR) is 76.1 cm³/mol. The molecule has 1 aromatic carbocycles. The lowest BCUT2D eigenvalue weighted by Crippen LogP contribution is -2.18. The molecular weight excluding hydrogens is 224 g/mol. The molecule has 0 aromatic heterocycles. The van der Waals surface area contributed by atoms with Crippen LogP contribution in [0.1, 0.15) is 38.5 Å². The fourth-order valence-electron chi connectivity index (χ4n) is 2.51. The Kier molecular flexibility index (Phi) is 5.34.